The van der Waals surface area contributed by atoms with E-state index in [0.29, 0.717) is 28.6 Å². The van der Waals surface area contributed by atoms with Crippen LogP contribution in [-0.2, 0) is 11.8 Å². The highest BCUT2D eigenvalue weighted by Crippen LogP contribution is 2.24. The second-order valence-electron chi connectivity index (χ2n) is 6.91. The predicted octanol–water partition coefficient (Wildman–Crippen LogP) is 3.90. The van der Waals surface area contributed by atoms with Gasteiger partial charge in [0.15, 0.2) is 0 Å². The summed E-state index contributed by atoms with van der Waals surface area (Å²) in [6.07, 6.45) is 6.36. The fourth-order valence-electron chi connectivity index (χ4n) is 3.45. The van der Waals surface area contributed by atoms with Gasteiger partial charge in [0, 0.05) is 12.1 Å². The second kappa shape index (κ2) is 8.19. The molecule has 0 atom stereocenters. The molecule has 1 saturated heterocycles. The quantitative estimate of drug-likeness (QED) is 0.730. The van der Waals surface area contributed by atoms with Gasteiger partial charge in [-0.2, -0.15) is 0 Å². The maximum atomic E-state index is 12.6. The molecule has 0 bridgehead atoms. The minimum absolute atomic E-state index is 0.315. The van der Waals surface area contributed by atoms with Crippen LogP contribution in [-0.4, -0.2) is 46.7 Å². The maximum Gasteiger partial charge on any atom is 0.340 e. The molecule has 1 aromatic heterocycles. The number of halogens is 1. The molecule has 0 saturated carbocycles. The van der Waals surface area contributed by atoms with Crippen LogP contribution in [0.5, 0.6) is 0 Å². The first-order valence-electron chi connectivity index (χ1n) is 9.08. The van der Waals surface area contributed by atoms with E-state index >= 15 is 0 Å². The maximum absolute atomic E-state index is 12.6. The summed E-state index contributed by atoms with van der Waals surface area (Å²) >= 11 is 6.12. The molecule has 5 nitrogen and oxygen atoms in total. The second-order valence-corrected chi connectivity index (χ2v) is 7.35. The van der Waals surface area contributed by atoms with Gasteiger partial charge in [0.1, 0.15) is 0 Å². The highest BCUT2D eigenvalue weighted by Gasteiger charge is 2.22. The van der Waals surface area contributed by atoms with Gasteiger partial charge < -0.3 is 14.2 Å². The number of carbonyl (C=O) groups is 1. The number of benzene rings is 1. The Morgan fingerprint density at radius 1 is 1.36 bits per heavy atom. The number of aryl methyl sites for hydroxylation is 1. The van der Waals surface area contributed by atoms with Crippen molar-refractivity contribution in [1.82, 2.24) is 14.5 Å². The number of ether oxygens (including phenoxy) is 1. The molecule has 3 rings (SSSR count). The van der Waals surface area contributed by atoms with E-state index < -0.39 is 0 Å². The standard InChI is InChI=1S/C19H26ClN3O2/c1-3-4-7-23-8-5-14(6-9-23)12-25-19(24)16-10-15(20)11-17-18(16)22(2)13-21-17/h10-11,13-14H,3-9,12H2,1-2H3. The normalized spacial score (nSPS) is 16.4. The van der Waals surface area contributed by atoms with Crippen molar-refractivity contribution < 1.29 is 9.53 Å². The van der Waals surface area contributed by atoms with Crippen LogP contribution in [0, 0.1) is 5.92 Å². The number of rotatable bonds is 6. The lowest BCUT2D eigenvalue weighted by atomic mass is 9.97. The van der Waals surface area contributed by atoms with E-state index in [1.807, 2.05) is 11.6 Å². The molecule has 6 heteroatoms. The molecule has 1 aliphatic rings. The number of esters is 1. The Labute approximate surface area is 153 Å². The number of fused-ring (bicyclic) bond motifs is 1. The van der Waals surface area contributed by atoms with Gasteiger partial charge in [-0.3, -0.25) is 0 Å². The summed E-state index contributed by atoms with van der Waals surface area (Å²) in [5.74, 6) is 0.132. The number of piperidine rings is 1. The number of imidazole rings is 1. The number of hydrogen-bond acceptors (Lipinski definition) is 4. The number of hydrogen-bond donors (Lipinski definition) is 0. The Balaban J connectivity index is 1.58. The minimum Gasteiger partial charge on any atom is -0.462 e. The van der Waals surface area contributed by atoms with Crippen molar-refractivity contribution in [2.75, 3.05) is 26.2 Å². The van der Waals surface area contributed by atoms with Crippen molar-refractivity contribution in [3.05, 3.63) is 29.0 Å². The first-order valence-corrected chi connectivity index (χ1v) is 9.46. The zero-order valence-corrected chi connectivity index (χ0v) is 15.8. The third-order valence-corrected chi connectivity index (χ3v) is 5.20. The smallest absolute Gasteiger partial charge is 0.340 e. The molecule has 1 aromatic carbocycles. The molecular formula is C19H26ClN3O2. The Bertz CT molecular complexity index is 736. The third-order valence-electron chi connectivity index (χ3n) is 4.98. The molecule has 1 fully saturated rings. The van der Waals surface area contributed by atoms with Gasteiger partial charge in [-0.25, -0.2) is 9.78 Å². The van der Waals surface area contributed by atoms with Crippen molar-refractivity contribution in [2.45, 2.75) is 32.6 Å². The van der Waals surface area contributed by atoms with E-state index in [9.17, 15) is 4.79 Å². The molecule has 1 aliphatic heterocycles. The predicted molar refractivity (Wildman–Crippen MR) is 100 cm³/mol. The topological polar surface area (TPSA) is 47.4 Å². The Morgan fingerprint density at radius 2 is 2.12 bits per heavy atom. The Kier molecular flexibility index (Phi) is 5.97. The van der Waals surface area contributed by atoms with E-state index in [1.54, 1.807) is 18.5 Å². The Morgan fingerprint density at radius 3 is 2.84 bits per heavy atom. The lowest BCUT2D eigenvalue weighted by Gasteiger charge is -2.31. The van der Waals surface area contributed by atoms with Crippen molar-refractivity contribution in [1.29, 1.82) is 0 Å². The van der Waals surface area contributed by atoms with Crippen LogP contribution in [0.15, 0.2) is 18.5 Å². The zero-order chi connectivity index (χ0) is 17.8. The summed E-state index contributed by atoms with van der Waals surface area (Å²) in [5.41, 5.74) is 1.97. The fourth-order valence-corrected chi connectivity index (χ4v) is 3.66. The average molecular weight is 364 g/mol. The lowest BCUT2D eigenvalue weighted by molar-refractivity contribution is 0.0374. The van der Waals surface area contributed by atoms with Crippen molar-refractivity contribution in [2.24, 2.45) is 13.0 Å². The Hall–Kier alpha value is -1.59. The zero-order valence-electron chi connectivity index (χ0n) is 15.0. The van der Waals surface area contributed by atoms with Crippen LogP contribution in [0.3, 0.4) is 0 Å². The van der Waals surface area contributed by atoms with E-state index in [2.05, 4.69) is 16.8 Å². The molecule has 0 unspecified atom stereocenters. The largest absolute Gasteiger partial charge is 0.462 e. The van der Waals surface area contributed by atoms with Gasteiger partial charge in [-0.15, -0.1) is 0 Å². The van der Waals surface area contributed by atoms with Crippen molar-refractivity contribution in [3.63, 3.8) is 0 Å². The molecule has 0 amide bonds. The molecule has 0 spiro atoms. The van der Waals surface area contributed by atoms with Crippen molar-refractivity contribution >= 4 is 28.6 Å². The molecular weight excluding hydrogens is 338 g/mol. The molecule has 2 heterocycles. The van der Waals surface area contributed by atoms with Crippen LogP contribution in [0.1, 0.15) is 43.0 Å². The van der Waals surface area contributed by atoms with Gasteiger partial charge in [-0.05, 0) is 56.9 Å². The van der Waals surface area contributed by atoms with Crippen LogP contribution in [0.4, 0.5) is 0 Å². The van der Waals surface area contributed by atoms with Gasteiger partial charge in [0.2, 0.25) is 0 Å². The van der Waals surface area contributed by atoms with Gasteiger partial charge in [0.25, 0.3) is 0 Å². The summed E-state index contributed by atoms with van der Waals surface area (Å²) in [4.78, 5) is 19.4. The van der Waals surface area contributed by atoms with Gasteiger partial charge >= 0.3 is 5.97 Å². The van der Waals surface area contributed by atoms with Crippen LogP contribution < -0.4 is 0 Å². The monoisotopic (exact) mass is 363 g/mol. The van der Waals surface area contributed by atoms with E-state index in [-0.39, 0.29) is 5.97 Å². The van der Waals surface area contributed by atoms with E-state index in [1.165, 1.54) is 19.4 Å². The summed E-state index contributed by atoms with van der Waals surface area (Å²) in [6, 6.07) is 3.43. The molecule has 0 radical (unpaired) electrons. The summed E-state index contributed by atoms with van der Waals surface area (Å²) in [6.45, 7) is 6.09. The highest BCUT2D eigenvalue weighted by atomic mass is 35.5. The molecule has 0 N–H and O–H groups in total. The number of nitrogens with zero attached hydrogens (tertiary/aromatic N) is 3. The average Bonchev–Trinajstić information content (AvgIpc) is 2.98. The molecule has 25 heavy (non-hydrogen) atoms. The highest BCUT2D eigenvalue weighted by molar-refractivity contribution is 6.31. The lowest BCUT2D eigenvalue weighted by Crippen LogP contribution is -2.36. The SMILES string of the molecule is CCCCN1CCC(COC(=O)c2cc(Cl)cc3ncn(C)c23)CC1. The fraction of sp³-hybridized carbons (Fsp3) is 0.579. The third kappa shape index (κ3) is 4.33. The summed E-state index contributed by atoms with van der Waals surface area (Å²) in [7, 11) is 1.87. The molecule has 0 aliphatic carbocycles. The van der Waals surface area contributed by atoms with E-state index in [4.69, 9.17) is 16.3 Å². The van der Waals surface area contributed by atoms with E-state index in [0.717, 1.165) is 31.4 Å². The molecule has 136 valence electrons. The van der Waals surface area contributed by atoms with Gasteiger partial charge in [-0.1, -0.05) is 24.9 Å². The van der Waals surface area contributed by atoms with Crippen molar-refractivity contribution in [3.8, 4) is 0 Å². The van der Waals surface area contributed by atoms with Crippen LogP contribution >= 0.6 is 11.6 Å². The first-order chi connectivity index (χ1) is 12.1. The summed E-state index contributed by atoms with van der Waals surface area (Å²) < 4.78 is 7.44. The van der Waals surface area contributed by atoms with Crippen LogP contribution in [0.25, 0.3) is 11.0 Å². The minimum atomic E-state index is -0.315. The molecule has 2 aromatic rings. The first kappa shape index (κ1) is 18.2. The number of aromatic nitrogens is 2. The summed E-state index contributed by atoms with van der Waals surface area (Å²) in [5, 5.41) is 0.502. The van der Waals surface area contributed by atoms with Gasteiger partial charge in [0.05, 0.1) is 29.5 Å². The number of unbranched alkanes of at least 4 members (excludes halogenated alkanes) is 1. The number of likely N-dealkylation sites (tertiary alicyclic amines) is 1. The van der Waals surface area contributed by atoms with Crippen LogP contribution in [0.2, 0.25) is 5.02 Å². The number of carbonyl (C=O) groups excluding carboxylic acids is 1.